The van der Waals surface area contributed by atoms with Crippen LogP contribution in [0.3, 0.4) is 0 Å². The fourth-order valence-electron chi connectivity index (χ4n) is 1.77. The van der Waals surface area contributed by atoms with Crippen LogP contribution in [0.5, 0.6) is 0 Å². The second-order valence-corrected chi connectivity index (χ2v) is 4.02. The Morgan fingerprint density at radius 1 is 1.24 bits per heavy atom. The van der Waals surface area contributed by atoms with Gasteiger partial charge >= 0.3 is 0 Å². The predicted molar refractivity (Wildman–Crippen MR) is 66.7 cm³/mol. The number of anilines is 1. The third kappa shape index (κ3) is 1.62. The molecule has 0 bridgehead atoms. The Bertz CT molecular complexity index is 693. The summed E-state index contributed by atoms with van der Waals surface area (Å²) in [6, 6.07) is 9.20. The van der Waals surface area contributed by atoms with Gasteiger partial charge < -0.3 is 10.3 Å². The molecule has 0 saturated carbocycles. The van der Waals surface area contributed by atoms with Crippen LogP contribution in [0.25, 0.3) is 22.2 Å². The molecule has 0 saturated heterocycles. The van der Waals surface area contributed by atoms with Crippen molar-refractivity contribution in [3.05, 3.63) is 41.6 Å². The Balaban J connectivity index is 2.38. The fourth-order valence-corrected chi connectivity index (χ4v) is 2.02. The number of hydrogen-bond donors (Lipinski definition) is 1. The van der Waals surface area contributed by atoms with Crippen LogP contribution < -0.4 is 5.73 Å². The smallest absolute Gasteiger partial charge is 0.222 e. The summed E-state index contributed by atoms with van der Waals surface area (Å²) in [5, 5.41) is 5.44. The SMILES string of the molecule is Nc1cc(-c2c(Cl)ccc3cccnc23)no1. The van der Waals surface area contributed by atoms with E-state index in [0.29, 0.717) is 10.7 Å². The summed E-state index contributed by atoms with van der Waals surface area (Å²) in [5.41, 5.74) is 7.64. The molecule has 0 atom stereocenters. The van der Waals surface area contributed by atoms with Crippen molar-refractivity contribution in [1.82, 2.24) is 10.1 Å². The minimum Gasteiger partial charge on any atom is -0.368 e. The van der Waals surface area contributed by atoms with Crippen molar-refractivity contribution in [1.29, 1.82) is 0 Å². The molecule has 2 N–H and O–H groups in total. The van der Waals surface area contributed by atoms with Gasteiger partial charge in [0.05, 0.1) is 10.5 Å². The average molecular weight is 246 g/mol. The number of pyridine rings is 1. The van der Waals surface area contributed by atoms with E-state index in [4.69, 9.17) is 21.9 Å². The lowest BCUT2D eigenvalue weighted by molar-refractivity contribution is 0.439. The zero-order chi connectivity index (χ0) is 11.8. The van der Waals surface area contributed by atoms with Gasteiger partial charge in [0.25, 0.3) is 0 Å². The quantitative estimate of drug-likeness (QED) is 0.715. The first-order valence-corrected chi connectivity index (χ1v) is 5.39. The van der Waals surface area contributed by atoms with E-state index in [1.807, 2.05) is 24.3 Å². The predicted octanol–water partition coefficient (Wildman–Crippen LogP) is 3.13. The van der Waals surface area contributed by atoms with E-state index < -0.39 is 0 Å². The second-order valence-electron chi connectivity index (χ2n) is 3.61. The van der Waals surface area contributed by atoms with Gasteiger partial charge in [0, 0.05) is 23.2 Å². The van der Waals surface area contributed by atoms with E-state index in [0.717, 1.165) is 16.5 Å². The van der Waals surface area contributed by atoms with Gasteiger partial charge in [-0.3, -0.25) is 4.98 Å². The third-order valence-corrected chi connectivity index (χ3v) is 2.82. The maximum Gasteiger partial charge on any atom is 0.222 e. The van der Waals surface area contributed by atoms with Crippen LogP contribution in [0, 0.1) is 0 Å². The highest BCUT2D eigenvalue weighted by atomic mass is 35.5. The molecule has 84 valence electrons. The number of rotatable bonds is 1. The topological polar surface area (TPSA) is 64.9 Å². The first kappa shape index (κ1) is 10.1. The molecule has 3 rings (SSSR count). The van der Waals surface area contributed by atoms with Gasteiger partial charge in [0.15, 0.2) is 0 Å². The van der Waals surface area contributed by atoms with Crippen LogP contribution in [-0.2, 0) is 0 Å². The van der Waals surface area contributed by atoms with Crippen molar-refractivity contribution in [3.63, 3.8) is 0 Å². The molecule has 0 radical (unpaired) electrons. The van der Waals surface area contributed by atoms with Crippen LogP contribution in [-0.4, -0.2) is 10.1 Å². The molecule has 0 aliphatic heterocycles. The van der Waals surface area contributed by atoms with E-state index in [2.05, 4.69) is 10.1 Å². The first-order chi connectivity index (χ1) is 8.25. The van der Waals surface area contributed by atoms with Gasteiger partial charge in [-0.25, -0.2) is 0 Å². The minimum atomic E-state index is 0.254. The Labute approximate surface area is 102 Å². The molecule has 3 aromatic rings. The van der Waals surface area contributed by atoms with Crippen molar-refractivity contribution < 1.29 is 4.52 Å². The molecule has 5 heteroatoms. The maximum absolute atomic E-state index is 6.18. The van der Waals surface area contributed by atoms with E-state index in [9.17, 15) is 0 Å². The van der Waals surface area contributed by atoms with Crippen molar-refractivity contribution in [2.75, 3.05) is 5.73 Å². The monoisotopic (exact) mass is 245 g/mol. The number of fused-ring (bicyclic) bond motifs is 1. The van der Waals surface area contributed by atoms with Gasteiger partial charge in [-0.2, -0.15) is 0 Å². The highest BCUT2D eigenvalue weighted by molar-refractivity contribution is 6.34. The number of benzene rings is 1. The summed E-state index contributed by atoms with van der Waals surface area (Å²) in [6.07, 6.45) is 1.71. The standard InChI is InChI=1S/C12H8ClN3O/c13-8-4-3-7-2-1-5-15-12(7)11(8)9-6-10(14)17-16-9/h1-6H,14H2. The summed E-state index contributed by atoms with van der Waals surface area (Å²) in [7, 11) is 0. The normalized spacial score (nSPS) is 10.9. The van der Waals surface area contributed by atoms with Gasteiger partial charge in [-0.1, -0.05) is 28.9 Å². The maximum atomic E-state index is 6.18. The van der Waals surface area contributed by atoms with Crippen LogP contribution >= 0.6 is 11.6 Å². The van der Waals surface area contributed by atoms with E-state index >= 15 is 0 Å². The summed E-state index contributed by atoms with van der Waals surface area (Å²) >= 11 is 6.18. The Morgan fingerprint density at radius 3 is 2.88 bits per heavy atom. The van der Waals surface area contributed by atoms with Crippen molar-refractivity contribution in [2.24, 2.45) is 0 Å². The third-order valence-electron chi connectivity index (χ3n) is 2.51. The summed E-state index contributed by atoms with van der Waals surface area (Å²) in [6.45, 7) is 0. The van der Waals surface area contributed by atoms with Gasteiger partial charge in [0.2, 0.25) is 5.88 Å². The van der Waals surface area contributed by atoms with Crippen LogP contribution in [0.2, 0.25) is 5.02 Å². The van der Waals surface area contributed by atoms with E-state index in [1.165, 1.54) is 0 Å². The zero-order valence-electron chi connectivity index (χ0n) is 8.72. The van der Waals surface area contributed by atoms with E-state index in [-0.39, 0.29) is 5.88 Å². The van der Waals surface area contributed by atoms with Gasteiger partial charge in [0.1, 0.15) is 5.69 Å². The molecule has 0 unspecified atom stereocenters. The summed E-state index contributed by atoms with van der Waals surface area (Å²) < 4.78 is 4.86. The lowest BCUT2D eigenvalue weighted by atomic mass is 10.1. The van der Waals surface area contributed by atoms with Gasteiger partial charge in [-0.05, 0) is 12.1 Å². The number of halogens is 1. The zero-order valence-corrected chi connectivity index (χ0v) is 9.48. The minimum absolute atomic E-state index is 0.254. The summed E-state index contributed by atoms with van der Waals surface area (Å²) in [4.78, 5) is 4.32. The number of nitrogens with zero attached hydrogens (tertiary/aromatic N) is 2. The average Bonchev–Trinajstić information content (AvgIpc) is 2.75. The Kier molecular flexibility index (Phi) is 2.23. The first-order valence-electron chi connectivity index (χ1n) is 5.01. The number of nitrogen functional groups attached to an aromatic ring is 1. The molecule has 17 heavy (non-hydrogen) atoms. The Hall–Kier alpha value is -2.07. The van der Waals surface area contributed by atoms with Crippen molar-refractivity contribution in [2.45, 2.75) is 0 Å². The summed E-state index contributed by atoms with van der Waals surface area (Å²) in [5.74, 6) is 0.254. The molecule has 0 fully saturated rings. The van der Waals surface area contributed by atoms with Gasteiger partial charge in [-0.15, -0.1) is 0 Å². The fraction of sp³-hybridized carbons (Fsp3) is 0. The number of hydrogen-bond acceptors (Lipinski definition) is 4. The number of nitrogens with two attached hydrogens (primary N) is 1. The van der Waals surface area contributed by atoms with Crippen LogP contribution in [0.1, 0.15) is 0 Å². The number of aromatic nitrogens is 2. The molecule has 1 aromatic carbocycles. The second kappa shape index (κ2) is 3.75. The Morgan fingerprint density at radius 2 is 2.12 bits per heavy atom. The lowest BCUT2D eigenvalue weighted by Gasteiger charge is -2.04. The molecular weight excluding hydrogens is 238 g/mol. The molecule has 2 heterocycles. The van der Waals surface area contributed by atoms with Crippen LogP contribution in [0.4, 0.5) is 5.88 Å². The lowest BCUT2D eigenvalue weighted by Crippen LogP contribution is -1.86. The molecule has 4 nitrogen and oxygen atoms in total. The molecule has 0 aliphatic rings. The van der Waals surface area contributed by atoms with Crippen LogP contribution in [0.15, 0.2) is 41.1 Å². The highest BCUT2D eigenvalue weighted by Gasteiger charge is 2.13. The molecule has 0 aliphatic carbocycles. The van der Waals surface area contributed by atoms with Crippen molar-refractivity contribution in [3.8, 4) is 11.3 Å². The molecule has 0 spiro atoms. The van der Waals surface area contributed by atoms with Crippen molar-refractivity contribution >= 4 is 28.4 Å². The molecule has 0 amide bonds. The van der Waals surface area contributed by atoms with E-state index in [1.54, 1.807) is 12.3 Å². The highest BCUT2D eigenvalue weighted by Crippen LogP contribution is 2.33. The largest absolute Gasteiger partial charge is 0.368 e. The molecular formula is C12H8ClN3O. The molecule has 2 aromatic heterocycles.